The van der Waals surface area contributed by atoms with Crippen molar-refractivity contribution in [2.24, 2.45) is 0 Å². The summed E-state index contributed by atoms with van der Waals surface area (Å²) in [4.78, 5) is 11.0. The lowest BCUT2D eigenvalue weighted by Gasteiger charge is -1.99. The second-order valence-electron chi connectivity index (χ2n) is 4.96. The fourth-order valence-electron chi connectivity index (χ4n) is 1.93. The number of rotatable bonds is 3. The fraction of sp³-hybridized carbons (Fsp3) is 0.211. The van der Waals surface area contributed by atoms with Gasteiger partial charge in [0, 0.05) is 17.5 Å². The third-order valence-corrected chi connectivity index (χ3v) is 3.21. The normalized spacial score (nSPS) is 9.70. The van der Waals surface area contributed by atoms with Crippen molar-refractivity contribution < 1.29 is 4.79 Å². The third-order valence-electron chi connectivity index (χ3n) is 3.21. The molecule has 0 spiro atoms. The van der Waals surface area contributed by atoms with E-state index >= 15 is 0 Å². The van der Waals surface area contributed by atoms with E-state index in [2.05, 4.69) is 24.8 Å². The number of Topliss-reactive ketones (excluding diaryl/α,β-unsaturated/α-hetero) is 1. The number of aryl methyl sites for hydroxylation is 2. The van der Waals surface area contributed by atoms with Gasteiger partial charge in [-0.05, 0) is 49.6 Å². The highest BCUT2D eigenvalue weighted by Gasteiger charge is 1.97. The molecule has 0 saturated heterocycles. The lowest BCUT2D eigenvalue weighted by Crippen LogP contribution is -1.93. The van der Waals surface area contributed by atoms with Crippen LogP contribution in [0.1, 0.15) is 35.6 Å². The van der Waals surface area contributed by atoms with Crippen LogP contribution in [0.15, 0.2) is 48.5 Å². The molecule has 0 aromatic heterocycles. The first-order valence-electron chi connectivity index (χ1n) is 6.81. The molecular formula is C19H18O. The van der Waals surface area contributed by atoms with Gasteiger partial charge in [0.05, 0.1) is 0 Å². The first-order valence-corrected chi connectivity index (χ1v) is 6.81. The number of benzene rings is 2. The summed E-state index contributed by atoms with van der Waals surface area (Å²) in [6, 6.07) is 16.2. The van der Waals surface area contributed by atoms with Gasteiger partial charge < -0.3 is 4.79 Å². The summed E-state index contributed by atoms with van der Waals surface area (Å²) in [7, 11) is 0. The van der Waals surface area contributed by atoms with Crippen LogP contribution in [0.4, 0.5) is 0 Å². The van der Waals surface area contributed by atoms with Crippen LogP contribution in [0.2, 0.25) is 0 Å². The van der Waals surface area contributed by atoms with Crippen LogP contribution in [-0.4, -0.2) is 5.78 Å². The molecule has 2 aromatic rings. The Morgan fingerprint density at radius 2 is 1.70 bits per heavy atom. The Hall–Kier alpha value is -2.33. The van der Waals surface area contributed by atoms with Crippen LogP contribution in [-0.2, 0) is 11.2 Å². The summed E-state index contributed by atoms with van der Waals surface area (Å²) < 4.78 is 0. The lowest BCUT2D eigenvalue weighted by molar-refractivity contribution is -0.116. The molecule has 1 nitrogen and oxygen atoms in total. The standard InChI is InChI=1S/C19H18O/c1-15-5-3-4-6-19(15)14-13-18-11-9-17(10-12-18)8-7-16(2)20/h3-6,9-12H,7-8H2,1-2H3. The topological polar surface area (TPSA) is 17.1 Å². The zero-order valence-corrected chi connectivity index (χ0v) is 11.9. The van der Waals surface area contributed by atoms with Crippen LogP contribution < -0.4 is 0 Å². The lowest BCUT2D eigenvalue weighted by atomic mass is 10.1. The van der Waals surface area contributed by atoms with Gasteiger partial charge in [0.1, 0.15) is 5.78 Å². The summed E-state index contributed by atoms with van der Waals surface area (Å²) >= 11 is 0. The summed E-state index contributed by atoms with van der Waals surface area (Å²) in [5, 5.41) is 0. The number of hydrogen-bond acceptors (Lipinski definition) is 1. The van der Waals surface area contributed by atoms with Crippen molar-refractivity contribution in [3.05, 3.63) is 70.8 Å². The van der Waals surface area contributed by atoms with Gasteiger partial charge in [-0.15, -0.1) is 0 Å². The second kappa shape index (κ2) is 6.73. The molecule has 1 heteroatoms. The maximum absolute atomic E-state index is 11.0. The Morgan fingerprint density at radius 3 is 2.35 bits per heavy atom. The van der Waals surface area contributed by atoms with Gasteiger partial charge in [0.2, 0.25) is 0 Å². The highest BCUT2D eigenvalue weighted by molar-refractivity contribution is 5.75. The smallest absolute Gasteiger partial charge is 0.130 e. The van der Waals surface area contributed by atoms with Gasteiger partial charge in [0.25, 0.3) is 0 Å². The van der Waals surface area contributed by atoms with E-state index in [1.54, 1.807) is 6.92 Å². The second-order valence-corrected chi connectivity index (χ2v) is 4.96. The van der Waals surface area contributed by atoms with Gasteiger partial charge in [-0.3, -0.25) is 0 Å². The van der Waals surface area contributed by atoms with E-state index in [0.717, 1.165) is 17.5 Å². The van der Waals surface area contributed by atoms with Crippen molar-refractivity contribution in [1.82, 2.24) is 0 Å². The fourth-order valence-corrected chi connectivity index (χ4v) is 1.93. The molecule has 0 fully saturated rings. The maximum atomic E-state index is 11.0. The highest BCUT2D eigenvalue weighted by Crippen LogP contribution is 2.08. The van der Waals surface area contributed by atoms with Gasteiger partial charge in [-0.2, -0.15) is 0 Å². The Labute approximate surface area is 120 Å². The molecule has 0 saturated carbocycles. The third kappa shape index (κ3) is 4.10. The van der Waals surface area contributed by atoms with E-state index in [1.807, 2.05) is 42.5 Å². The number of carbonyl (C=O) groups excluding carboxylic acids is 1. The van der Waals surface area contributed by atoms with Crippen LogP contribution >= 0.6 is 0 Å². The molecule has 0 bridgehead atoms. The van der Waals surface area contributed by atoms with Gasteiger partial charge in [-0.1, -0.05) is 42.2 Å². The monoisotopic (exact) mass is 262 g/mol. The Balaban J connectivity index is 2.08. The summed E-state index contributed by atoms with van der Waals surface area (Å²) in [5.41, 5.74) is 4.44. The zero-order chi connectivity index (χ0) is 14.4. The predicted molar refractivity (Wildman–Crippen MR) is 82.6 cm³/mol. The van der Waals surface area contributed by atoms with Crippen molar-refractivity contribution in [2.75, 3.05) is 0 Å². The summed E-state index contributed by atoms with van der Waals surface area (Å²) in [6.07, 6.45) is 1.41. The van der Waals surface area contributed by atoms with Crippen molar-refractivity contribution in [1.29, 1.82) is 0 Å². The molecule has 2 aromatic carbocycles. The van der Waals surface area contributed by atoms with Crippen LogP contribution in [0.3, 0.4) is 0 Å². The molecule has 0 radical (unpaired) electrons. The van der Waals surface area contributed by atoms with E-state index in [-0.39, 0.29) is 5.78 Å². The minimum absolute atomic E-state index is 0.230. The quantitative estimate of drug-likeness (QED) is 0.766. The average molecular weight is 262 g/mol. The molecule has 20 heavy (non-hydrogen) atoms. The van der Waals surface area contributed by atoms with Crippen LogP contribution in [0, 0.1) is 18.8 Å². The van der Waals surface area contributed by atoms with E-state index in [0.29, 0.717) is 6.42 Å². The molecule has 0 atom stereocenters. The number of hydrogen-bond donors (Lipinski definition) is 0. The van der Waals surface area contributed by atoms with Gasteiger partial charge in [-0.25, -0.2) is 0 Å². The number of carbonyl (C=O) groups is 1. The molecule has 0 unspecified atom stereocenters. The predicted octanol–water partition coefficient (Wildman–Crippen LogP) is 3.92. The zero-order valence-electron chi connectivity index (χ0n) is 11.9. The SMILES string of the molecule is CC(=O)CCc1ccc(C#Cc2ccccc2C)cc1. The molecular weight excluding hydrogens is 244 g/mol. The van der Waals surface area contributed by atoms with E-state index < -0.39 is 0 Å². The van der Waals surface area contributed by atoms with Crippen molar-refractivity contribution in [3.8, 4) is 11.8 Å². The van der Waals surface area contributed by atoms with Crippen molar-refractivity contribution >= 4 is 5.78 Å². The largest absolute Gasteiger partial charge is 0.300 e. The molecule has 100 valence electrons. The maximum Gasteiger partial charge on any atom is 0.130 e. The average Bonchev–Trinajstić information content (AvgIpc) is 2.45. The molecule has 0 heterocycles. The Morgan fingerprint density at radius 1 is 1.00 bits per heavy atom. The Bertz CT molecular complexity index is 654. The molecule has 0 aliphatic carbocycles. The minimum atomic E-state index is 0.230. The van der Waals surface area contributed by atoms with Crippen molar-refractivity contribution in [2.45, 2.75) is 26.7 Å². The first kappa shape index (κ1) is 14.1. The first-order chi connectivity index (χ1) is 9.65. The molecule has 2 rings (SSSR count). The Kier molecular flexibility index (Phi) is 4.74. The van der Waals surface area contributed by atoms with Crippen molar-refractivity contribution in [3.63, 3.8) is 0 Å². The molecule has 0 aliphatic rings. The molecule has 0 aliphatic heterocycles. The van der Waals surface area contributed by atoms with Crippen LogP contribution in [0.5, 0.6) is 0 Å². The highest BCUT2D eigenvalue weighted by atomic mass is 16.1. The summed E-state index contributed by atoms with van der Waals surface area (Å²) in [6.45, 7) is 3.69. The minimum Gasteiger partial charge on any atom is -0.300 e. The molecule has 0 N–H and O–H groups in total. The van der Waals surface area contributed by atoms with Gasteiger partial charge in [0.15, 0.2) is 0 Å². The van der Waals surface area contributed by atoms with E-state index in [4.69, 9.17) is 0 Å². The van der Waals surface area contributed by atoms with E-state index in [9.17, 15) is 4.79 Å². The van der Waals surface area contributed by atoms with Crippen LogP contribution in [0.25, 0.3) is 0 Å². The summed E-state index contributed by atoms with van der Waals surface area (Å²) in [5.74, 6) is 6.60. The number of ketones is 1. The van der Waals surface area contributed by atoms with E-state index in [1.165, 1.54) is 11.1 Å². The van der Waals surface area contributed by atoms with Gasteiger partial charge >= 0.3 is 0 Å². The molecule has 0 amide bonds.